The first-order chi connectivity index (χ1) is 9.66. The average molecular weight is 268 g/mol. The predicted octanol–water partition coefficient (Wildman–Crippen LogP) is 2.25. The first kappa shape index (κ1) is 13.8. The van der Waals surface area contributed by atoms with Gasteiger partial charge in [0.2, 0.25) is 0 Å². The van der Waals surface area contributed by atoms with Gasteiger partial charge >= 0.3 is 11.8 Å². The number of anilines is 1. The lowest BCUT2D eigenvalue weighted by Crippen LogP contribution is -2.35. The van der Waals surface area contributed by atoms with Crippen LogP contribution in [0.1, 0.15) is 11.1 Å². The SMILES string of the molecule is Cc1ccccc1CNC(=O)C(=O)Nc1ccccc1. The fourth-order valence-corrected chi connectivity index (χ4v) is 1.77. The predicted molar refractivity (Wildman–Crippen MR) is 78.1 cm³/mol. The lowest BCUT2D eigenvalue weighted by atomic mass is 10.1. The summed E-state index contributed by atoms with van der Waals surface area (Å²) in [6, 6.07) is 16.6. The summed E-state index contributed by atoms with van der Waals surface area (Å²) in [7, 11) is 0. The molecule has 0 atom stereocenters. The highest BCUT2D eigenvalue weighted by Crippen LogP contribution is 2.07. The molecule has 0 aliphatic heterocycles. The van der Waals surface area contributed by atoms with Crippen LogP contribution in [0.15, 0.2) is 54.6 Å². The standard InChI is InChI=1S/C16H16N2O2/c1-12-7-5-6-8-13(12)11-17-15(19)16(20)18-14-9-3-2-4-10-14/h2-10H,11H2,1H3,(H,17,19)(H,18,20). The van der Waals surface area contributed by atoms with Crippen LogP contribution in [0.2, 0.25) is 0 Å². The van der Waals surface area contributed by atoms with Crippen molar-refractivity contribution < 1.29 is 9.59 Å². The van der Waals surface area contributed by atoms with E-state index in [0.29, 0.717) is 12.2 Å². The maximum atomic E-state index is 11.7. The summed E-state index contributed by atoms with van der Waals surface area (Å²) < 4.78 is 0. The normalized spacial score (nSPS) is 9.85. The molecule has 2 aromatic carbocycles. The van der Waals surface area contributed by atoms with Crippen molar-refractivity contribution in [2.24, 2.45) is 0 Å². The van der Waals surface area contributed by atoms with Crippen molar-refractivity contribution in [1.29, 1.82) is 0 Å². The van der Waals surface area contributed by atoms with Crippen molar-refractivity contribution >= 4 is 17.5 Å². The summed E-state index contributed by atoms with van der Waals surface area (Å²) in [4.78, 5) is 23.4. The molecule has 2 N–H and O–H groups in total. The Balaban J connectivity index is 1.89. The molecule has 0 fully saturated rings. The number of benzene rings is 2. The summed E-state index contributed by atoms with van der Waals surface area (Å²) in [5.41, 5.74) is 2.67. The molecule has 2 amide bonds. The minimum atomic E-state index is -0.662. The first-order valence-electron chi connectivity index (χ1n) is 6.35. The lowest BCUT2D eigenvalue weighted by molar-refractivity contribution is -0.136. The van der Waals surface area contributed by atoms with Gasteiger partial charge in [-0.3, -0.25) is 9.59 Å². The van der Waals surface area contributed by atoms with Crippen LogP contribution in [0.4, 0.5) is 5.69 Å². The number of aryl methyl sites for hydroxylation is 1. The van der Waals surface area contributed by atoms with Gasteiger partial charge in [-0.15, -0.1) is 0 Å². The Kier molecular flexibility index (Phi) is 4.50. The molecule has 20 heavy (non-hydrogen) atoms. The first-order valence-corrected chi connectivity index (χ1v) is 6.35. The molecule has 0 aliphatic carbocycles. The third-order valence-electron chi connectivity index (χ3n) is 2.94. The number of hydrogen-bond acceptors (Lipinski definition) is 2. The highest BCUT2D eigenvalue weighted by molar-refractivity contribution is 6.39. The lowest BCUT2D eigenvalue weighted by Gasteiger charge is -2.08. The summed E-state index contributed by atoms with van der Waals surface area (Å²) in [5.74, 6) is -1.30. The maximum absolute atomic E-state index is 11.7. The largest absolute Gasteiger partial charge is 0.344 e. The Morgan fingerprint density at radius 2 is 1.55 bits per heavy atom. The smallest absolute Gasteiger partial charge is 0.313 e. The van der Waals surface area contributed by atoms with E-state index in [9.17, 15) is 9.59 Å². The van der Waals surface area contributed by atoms with E-state index in [1.807, 2.05) is 37.3 Å². The quantitative estimate of drug-likeness (QED) is 0.839. The molecule has 0 radical (unpaired) electrons. The van der Waals surface area contributed by atoms with Crippen molar-refractivity contribution in [2.45, 2.75) is 13.5 Å². The minimum Gasteiger partial charge on any atom is -0.344 e. The molecule has 0 aromatic heterocycles. The van der Waals surface area contributed by atoms with Crippen LogP contribution in [0.3, 0.4) is 0 Å². The van der Waals surface area contributed by atoms with Crippen LogP contribution in [0.25, 0.3) is 0 Å². The number of carbonyl (C=O) groups excluding carboxylic acids is 2. The highest BCUT2D eigenvalue weighted by atomic mass is 16.2. The van der Waals surface area contributed by atoms with Gasteiger partial charge in [-0.25, -0.2) is 0 Å². The summed E-state index contributed by atoms with van der Waals surface area (Å²) in [6.45, 7) is 2.30. The second kappa shape index (κ2) is 6.52. The number of carbonyl (C=O) groups is 2. The molecule has 2 aromatic rings. The van der Waals surface area contributed by atoms with Crippen molar-refractivity contribution in [3.63, 3.8) is 0 Å². The van der Waals surface area contributed by atoms with Gasteiger partial charge in [0.1, 0.15) is 0 Å². The molecule has 102 valence electrons. The van der Waals surface area contributed by atoms with Gasteiger partial charge in [0.05, 0.1) is 0 Å². The molecular weight excluding hydrogens is 252 g/mol. The van der Waals surface area contributed by atoms with Crippen LogP contribution in [0, 0.1) is 6.92 Å². The van der Waals surface area contributed by atoms with E-state index in [4.69, 9.17) is 0 Å². The van der Waals surface area contributed by atoms with Gasteiger partial charge in [-0.2, -0.15) is 0 Å². The Bertz CT molecular complexity index is 609. The van der Waals surface area contributed by atoms with E-state index < -0.39 is 11.8 Å². The third kappa shape index (κ3) is 3.68. The molecule has 0 saturated heterocycles. The number of nitrogens with one attached hydrogen (secondary N) is 2. The Labute approximate surface area is 117 Å². The van der Waals surface area contributed by atoms with E-state index in [2.05, 4.69) is 10.6 Å². The van der Waals surface area contributed by atoms with Crippen molar-refractivity contribution in [3.8, 4) is 0 Å². The zero-order valence-corrected chi connectivity index (χ0v) is 11.2. The van der Waals surface area contributed by atoms with Crippen LogP contribution in [-0.2, 0) is 16.1 Å². The van der Waals surface area contributed by atoms with E-state index >= 15 is 0 Å². The van der Waals surface area contributed by atoms with Gasteiger partial charge in [0, 0.05) is 12.2 Å². The zero-order valence-electron chi connectivity index (χ0n) is 11.2. The van der Waals surface area contributed by atoms with Gasteiger partial charge in [0.25, 0.3) is 0 Å². The van der Waals surface area contributed by atoms with Gasteiger partial charge in [-0.05, 0) is 30.2 Å². The van der Waals surface area contributed by atoms with Crippen LogP contribution in [-0.4, -0.2) is 11.8 Å². The van der Waals surface area contributed by atoms with Crippen LogP contribution >= 0.6 is 0 Å². The van der Waals surface area contributed by atoms with Crippen LogP contribution in [0.5, 0.6) is 0 Å². The molecule has 0 saturated carbocycles. The van der Waals surface area contributed by atoms with E-state index in [0.717, 1.165) is 11.1 Å². The van der Waals surface area contributed by atoms with Crippen molar-refractivity contribution in [3.05, 3.63) is 65.7 Å². The Morgan fingerprint density at radius 3 is 2.25 bits per heavy atom. The summed E-state index contributed by atoms with van der Waals surface area (Å²) in [6.07, 6.45) is 0. The molecule has 2 rings (SSSR count). The third-order valence-corrected chi connectivity index (χ3v) is 2.94. The molecule has 4 heteroatoms. The second-order valence-electron chi connectivity index (χ2n) is 4.43. The fraction of sp³-hybridized carbons (Fsp3) is 0.125. The topological polar surface area (TPSA) is 58.2 Å². The highest BCUT2D eigenvalue weighted by Gasteiger charge is 2.13. The number of amides is 2. The fourth-order valence-electron chi connectivity index (χ4n) is 1.77. The summed E-state index contributed by atoms with van der Waals surface area (Å²) in [5, 5.41) is 5.15. The van der Waals surface area contributed by atoms with Gasteiger partial charge in [0.15, 0.2) is 0 Å². The summed E-state index contributed by atoms with van der Waals surface area (Å²) >= 11 is 0. The molecule has 0 unspecified atom stereocenters. The zero-order chi connectivity index (χ0) is 14.4. The van der Waals surface area contributed by atoms with Crippen LogP contribution < -0.4 is 10.6 Å². The molecule has 0 spiro atoms. The molecular formula is C16H16N2O2. The molecule has 4 nitrogen and oxygen atoms in total. The van der Waals surface area contributed by atoms with E-state index in [1.165, 1.54) is 0 Å². The Morgan fingerprint density at radius 1 is 0.900 bits per heavy atom. The number of rotatable bonds is 3. The number of hydrogen-bond donors (Lipinski definition) is 2. The molecule has 0 aliphatic rings. The van der Waals surface area contributed by atoms with Crippen molar-refractivity contribution in [1.82, 2.24) is 5.32 Å². The van der Waals surface area contributed by atoms with Gasteiger partial charge in [-0.1, -0.05) is 42.5 Å². The maximum Gasteiger partial charge on any atom is 0.313 e. The van der Waals surface area contributed by atoms with E-state index in [-0.39, 0.29) is 0 Å². The van der Waals surface area contributed by atoms with Gasteiger partial charge < -0.3 is 10.6 Å². The minimum absolute atomic E-state index is 0.341. The monoisotopic (exact) mass is 268 g/mol. The van der Waals surface area contributed by atoms with Crippen molar-refractivity contribution in [2.75, 3.05) is 5.32 Å². The number of para-hydroxylation sites is 1. The molecule has 0 bridgehead atoms. The average Bonchev–Trinajstić information content (AvgIpc) is 2.47. The second-order valence-corrected chi connectivity index (χ2v) is 4.43. The Hall–Kier alpha value is -2.62. The molecule has 0 heterocycles. The van der Waals surface area contributed by atoms with E-state index in [1.54, 1.807) is 24.3 Å².